The fourth-order valence-corrected chi connectivity index (χ4v) is 1.64. The SMILES string of the molecule is CC1CC(Cl)(Cl)C1=O. The second kappa shape index (κ2) is 1.61. The van der Waals surface area contributed by atoms with E-state index in [9.17, 15) is 4.79 Å². The normalized spacial score (nSPS) is 34.4. The van der Waals surface area contributed by atoms with Crippen molar-refractivity contribution < 1.29 is 4.79 Å². The molecule has 0 aromatic rings. The molecule has 1 unspecified atom stereocenters. The molecule has 1 aliphatic carbocycles. The van der Waals surface area contributed by atoms with Gasteiger partial charge in [0.05, 0.1) is 0 Å². The molecule has 3 heteroatoms. The maximum absolute atomic E-state index is 10.6. The zero-order valence-corrected chi connectivity index (χ0v) is 5.96. The molecule has 1 nitrogen and oxygen atoms in total. The Hall–Kier alpha value is 0.250. The van der Waals surface area contributed by atoms with E-state index < -0.39 is 4.33 Å². The van der Waals surface area contributed by atoms with Gasteiger partial charge < -0.3 is 0 Å². The third kappa shape index (κ3) is 0.741. The molecule has 1 aliphatic rings. The van der Waals surface area contributed by atoms with Crippen LogP contribution in [0.2, 0.25) is 0 Å². The first-order chi connectivity index (χ1) is 3.54. The summed E-state index contributed by atoms with van der Waals surface area (Å²) in [4.78, 5) is 10.6. The molecule has 0 N–H and O–H groups in total. The number of rotatable bonds is 0. The van der Waals surface area contributed by atoms with Crippen molar-refractivity contribution in [2.24, 2.45) is 5.92 Å². The molecule has 0 radical (unpaired) electrons. The zero-order chi connectivity index (χ0) is 6.36. The Morgan fingerprint density at radius 3 is 2.25 bits per heavy atom. The number of halogens is 2. The Kier molecular flexibility index (Phi) is 1.28. The highest BCUT2D eigenvalue weighted by Crippen LogP contribution is 2.42. The van der Waals surface area contributed by atoms with Gasteiger partial charge in [-0.15, -0.1) is 0 Å². The van der Waals surface area contributed by atoms with Gasteiger partial charge in [0, 0.05) is 5.92 Å². The first kappa shape index (κ1) is 6.37. The molecule has 1 saturated carbocycles. The third-order valence-electron chi connectivity index (χ3n) is 1.37. The summed E-state index contributed by atoms with van der Waals surface area (Å²) in [6.45, 7) is 1.82. The lowest BCUT2D eigenvalue weighted by Gasteiger charge is -2.33. The first-order valence-corrected chi connectivity index (χ1v) is 3.22. The molecule has 1 atom stereocenters. The van der Waals surface area contributed by atoms with Gasteiger partial charge in [-0.1, -0.05) is 30.1 Å². The average Bonchev–Trinajstić information content (AvgIpc) is 1.65. The molecule has 0 saturated heterocycles. The van der Waals surface area contributed by atoms with E-state index in [1.807, 2.05) is 6.92 Å². The van der Waals surface area contributed by atoms with Crippen LogP contribution in [0.4, 0.5) is 0 Å². The maximum Gasteiger partial charge on any atom is 0.176 e. The summed E-state index contributed by atoms with van der Waals surface area (Å²) < 4.78 is -1.04. The van der Waals surface area contributed by atoms with Gasteiger partial charge in [0.2, 0.25) is 0 Å². The van der Waals surface area contributed by atoms with Crippen LogP contribution in [0, 0.1) is 5.92 Å². The molecular formula is C5H6Cl2O. The van der Waals surface area contributed by atoms with E-state index >= 15 is 0 Å². The van der Waals surface area contributed by atoms with E-state index in [1.165, 1.54) is 0 Å². The highest BCUT2D eigenvalue weighted by Gasteiger charge is 2.48. The van der Waals surface area contributed by atoms with Crippen LogP contribution < -0.4 is 0 Å². The summed E-state index contributed by atoms with van der Waals surface area (Å²) in [7, 11) is 0. The van der Waals surface area contributed by atoms with Gasteiger partial charge in [0.15, 0.2) is 10.1 Å². The highest BCUT2D eigenvalue weighted by atomic mass is 35.5. The lowest BCUT2D eigenvalue weighted by molar-refractivity contribution is -0.129. The molecule has 0 aromatic heterocycles. The van der Waals surface area contributed by atoms with Gasteiger partial charge in [-0.05, 0) is 6.42 Å². The topological polar surface area (TPSA) is 17.1 Å². The van der Waals surface area contributed by atoms with Crippen molar-refractivity contribution in [1.82, 2.24) is 0 Å². The van der Waals surface area contributed by atoms with Crippen LogP contribution in [0.25, 0.3) is 0 Å². The predicted octanol–water partition coefficient (Wildman–Crippen LogP) is 1.77. The minimum Gasteiger partial charge on any atom is -0.296 e. The van der Waals surface area contributed by atoms with Crippen molar-refractivity contribution in [2.45, 2.75) is 17.7 Å². The second-order valence-electron chi connectivity index (χ2n) is 2.17. The van der Waals surface area contributed by atoms with E-state index in [0.29, 0.717) is 6.42 Å². The summed E-state index contributed by atoms with van der Waals surface area (Å²) in [6.07, 6.45) is 0.606. The molecule has 0 spiro atoms. The van der Waals surface area contributed by atoms with Crippen LogP contribution in [0.5, 0.6) is 0 Å². The van der Waals surface area contributed by atoms with E-state index in [1.54, 1.807) is 0 Å². The van der Waals surface area contributed by atoms with Crippen LogP contribution in [0.1, 0.15) is 13.3 Å². The Labute approximate surface area is 58.0 Å². The standard InChI is InChI=1S/C5H6Cl2O/c1-3-2-5(6,7)4(3)8/h3H,2H2,1H3. The van der Waals surface area contributed by atoms with E-state index in [2.05, 4.69) is 0 Å². The molecule has 1 fully saturated rings. The molecule has 0 bridgehead atoms. The molecule has 0 amide bonds. The minimum absolute atomic E-state index is 0.0409. The number of Topliss-reactive ketones (excluding diaryl/α,β-unsaturated/α-hetero) is 1. The summed E-state index contributed by atoms with van der Waals surface area (Å²) in [6, 6.07) is 0. The largest absolute Gasteiger partial charge is 0.296 e. The summed E-state index contributed by atoms with van der Waals surface area (Å²) >= 11 is 10.9. The average molecular weight is 153 g/mol. The van der Waals surface area contributed by atoms with Crippen molar-refractivity contribution in [3.63, 3.8) is 0 Å². The van der Waals surface area contributed by atoms with E-state index in [4.69, 9.17) is 23.2 Å². The second-order valence-corrected chi connectivity index (χ2v) is 3.66. The van der Waals surface area contributed by atoms with Crippen molar-refractivity contribution in [3.8, 4) is 0 Å². The van der Waals surface area contributed by atoms with Gasteiger partial charge in [-0.3, -0.25) is 4.79 Å². The summed E-state index contributed by atoms with van der Waals surface area (Å²) in [5.41, 5.74) is 0. The quantitative estimate of drug-likeness (QED) is 0.484. The summed E-state index contributed by atoms with van der Waals surface area (Å²) in [5.74, 6) is 0.0332. The molecular weight excluding hydrogens is 147 g/mol. The number of hydrogen-bond donors (Lipinski definition) is 0. The van der Waals surface area contributed by atoms with E-state index in [-0.39, 0.29) is 11.7 Å². The maximum atomic E-state index is 10.6. The number of alkyl halides is 2. The Morgan fingerprint density at radius 1 is 1.75 bits per heavy atom. The van der Waals surface area contributed by atoms with Gasteiger partial charge >= 0.3 is 0 Å². The molecule has 0 aliphatic heterocycles. The molecule has 0 heterocycles. The summed E-state index contributed by atoms with van der Waals surface area (Å²) in [5, 5.41) is 0. The molecule has 46 valence electrons. The van der Waals surface area contributed by atoms with Gasteiger partial charge in [0.1, 0.15) is 0 Å². The van der Waals surface area contributed by atoms with Crippen molar-refractivity contribution in [1.29, 1.82) is 0 Å². The van der Waals surface area contributed by atoms with Gasteiger partial charge in [-0.2, -0.15) is 0 Å². The Balaban J connectivity index is 2.61. The van der Waals surface area contributed by atoms with Crippen LogP contribution in [0.15, 0.2) is 0 Å². The number of hydrogen-bond acceptors (Lipinski definition) is 1. The van der Waals surface area contributed by atoms with Crippen molar-refractivity contribution in [2.75, 3.05) is 0 Å². The van der Waals surface area contributed by atoms with Gasteiger partial charge in [0.25, 0.3) is 0 Å². The number of ketones is 1. The number of carbonyl (C=O) groups is 1. The van der Waals surface area contributed by atoms with E-state index in [0.717, 1.165) is 0 Å². The smallest absolute Gasteiger partial charge is 0.176 e. The molecule has 1 rings (SSSR count). The lowest BCUT2D eigenvalue weighted by atomic mass is 9.84. The van der Waals surface area contributed by atoms with Crippen LogP contribution in [-0.2, 0) is 4.79 Å². The van der Waals surface area contributed by atoms with Crippen LogP contribution in [0.3, 0.4) is 0 Å². The lowest BCUT2D eigenvalue weighted by Crippen LogP contribution is -2.44. The minimum atomic E-state index is -1.04. The fraction of sp³-hybridized carbons (Fsp3) is 0.800. The third-order valence-corrected chi connectivity index (χ3v) is 2.05. The Bertz CT molecular complexity index is 130. The van der Waals surface area contributed by atoms with Crippen molar-refractivity contribution in [3.05, 3.63) is 0 Å². The van der Waals surface area contributed by atoms with Crippen molar-refractivity contribution >= 4 is 29.0 Å². The predicted molar refractivity (Wildman–Crippen MR) is 33.2 cm³/mol. The Morgan fingerprint density at radius 2 is 2.25 bits per heavy atom. The first-order valence-electron chi connectivity index (χ1n) is 2.46. The molecule has 0 aromatic carbocycles. The fourth-order valence-electron chi connectivity index (χ4n) is 0.807. The highest BCUT2D eigenvalue weighted by molar-refractivity contribution is 6.60. The number of carbonyl (C=O) groups excluding carboxylic acids is 1. The van der Waals surface area contributed by atoms with Crippen LogP contribution >= 0.6 is 23.2 Å². The zero-order valence-electron chi connectivity index (χ0n) is 4.45. The monoisotopic (exact) mass is 152 g/mol. The molecule has 8 heavy (non-hydrogen) atoms. The van der Waals surface area contributed by atoms with Gasteiger partial charge in [-0.25, -0.2) is 0 Å². The van der Waals surface area contributed by atoms with Crippen LogP contribution in [-0.4, -0.2) is 10.1 Å².